The van der Waals surface area contributed by atoms with Crippen LogP contribution in [0.5, 0.6) is 0 Å². The highest BCUT2D eigenvalue weighted by Crippen LogP contribution is 2.35. The zero-order valence-electron chi connectivity index (χ0n) is 13.2. The minimum absolute atomic E-state index is 0.567. The zero-order valence-corrected chi connectivity index (χ0v) is 13.2. The Labute approximate surface area is 128 Å². The molecule has 0 spiro atoms. The molecule has 1 atom stereocenters. The molecule has 0 aromatic carbocycles. The second-order valence-corrected chi connectivity index (χ2v) is 6.20. The van der Waals surface area contributed by atoms with Crippen LogP contribution >= 0.6 is 0 Å². The van der Waals surface area contributed by atoms with E-state index in [0.29, 0.717) is 6.04 Å². The lowest BCUT2D eigenvalue weighted by Gasteiger charge is -2.38. The minimum Gasteiger partial charge on any atom is -0.354 e. The minimum atomic E-state index is 0.567. The van der Waals surface area contributed by atoms with Gasteiger partial charge in [0.05, 0.1) is 0 Å². The maximum atomic E-state index is 4.74. The number of likely N-dealkylation sites (tertiary alicyclic amines) is 1. The molecule has 2 fully saturated rings. The molecule has 0 radical (unpaired) electrons. The van der Waals surface area contributed by atoms with Crippen LogP contribution in [0.1, 0.15) is 44.2 Å². The summed E-state index contributed by atoms with van der Waals surface area (Å²) in [5.41, 5.74) is 1.45. The summed E-state index contributed by atoms with van der Waals surface area (Å²) in [4.78, 5) is 9.88. The highest BCUT2D eigenvalue weighted by atomic mass is 15.2. The van der Waals surface area contributed by atoms with Crippen LogP contribution in [0.4, 0.5) is 5.82 Å². The van der Waals surface area contributed by atoms with Crippen molar-refractivity contribution in [1.82, 2.24) is 15.2 Å². The summed E-state index contributed by atoms with van der Waals surface area (Å²) >= 11 is 0. The Morgan fingerprint density at radius 1 is 1.24 bits per heavy atom. The molecular formula is C17H28N4. The van der Waals surface area contributed by atoms with Crippen molar-refractivity contribution in [2.45, 2.75) is 38.6 Å². The molecule has 0 aliphatic carbocycles. The van der Waals surface area contributed by atoms with Crippen molar-refractivity contribution >= 4 is 5.82 Å². The van der Waals surface area contributed by atoms with Gasteiger partial charge in [-0.1, -0.05) is 19.4 Å². The van der Waals surface area contributed by atoms with Crippen molar-refractivity contribution < 1.29 is 0 Å². The molecule has 3 heterocycles. The quantitative estimate of drug-likeness (QED) is 0.922. The maximum absolute atomic E-state index is 4.74. The third-order valence-electron chi connectivity index (χ3n) is 4.72. The predicted molar refractivity (Wildman–Crippen MR) is 87.8 cm³/mol. The van der Waals surface area contributed by atoms with Crippen LogP contribution < -0.4 is 10.2 Å². The van der Waals surface area contributed by atoms with Gasteiger partial charge in [-0.05, 0) is 38.4 Å². The standard InChI is InChI=1S/C17H28N4/c1-2-11-20-12-4-3-7-16(20)15-6-5-8-19-17(15)21-13-9-18-10-14-21/h5-6,8,16,18H,2-4,7,9-14H2,1H3. The summed E-state index contributed by atoms with van der Waals surface area (Å²) < 4.78 is 0. The van der Waals surface area contributed by atoms with Crippen LogP contribution in [-0.2, 0) is 0 Å². The number of rotatable bonds is 4. The van der Waals surface area contributed by atoms with E-state index >= 15 is 0 Å². The third-order valence-corrected chi connectivity index (χ3v) is 4.72. The lowest BCUT2D eigenvalue weighted by atomic mass is 9.95. The topological polar surface area (TPSA) is 31.4 Å². The average molecular weight is 288 g/mol. The Morgan fingerprint density at radius 3 is 2.90 bits per heavy atom. The molecule has 21 heavy (non-hydrogen) atoms. The molecule has 116 valence electrons. The molecule has 1 aromatic rings. The van der Waals surface area contributed by atoms with E-state index in [9.17, 15) is 0 Å². The van der Waals surface area contributed by atoms with E-state index in [-0.39, 0.29) is 0 Å². The van der Waals surface area contributed by atoms with E-state index < -0.39 is 0 Å². The Kier molecular flexibility index (Phi) is 5.09. The summed E-state index contributed by atoms with van der Waals surface area (Å²) in [7, 11) is 0. The predicted octanol–water partition coefficient (Wildman–Crippen LogP) is 2.43. The number of hydrogen-bond donors (Lipinski definition) is 1. The van der Waals surface area contributed by atoms with E-state index in [1.165, 1.54) is 50.2 Å². The Balaban J connectivity index is 1.85. The highest BCUT2D eigenvalue weighted by molar-refractivity contribution is 5.49. The number of nitrogens with one attached hydrogen (secondary N) is 1. The number of piperidine rings is 1. The smallest absolute Gasteiger partial charge is 0.133 e. The van der Waals surface area contributed by atoms with E-state index in [1.807, 2.05) is 6.20 Å². The molecule has 4 nitrogen and oxygen atoms in total. The largest absolute Gasteiger partial charge is 0.354 e. The van der Waals surface area contributed by atoms with Crippen molar-refractivity contribution in [3.05, 3.63) is 23.9 Å². The van der Waals surface area contributed by atoms with Crippen molar-refractivity contribution in [2.24, 2.45) is 0 Å². The van der Waals surface area contributed by atoms with Crippen molar-refractivity contribution in [3.8, 4) is 0 Å². The molecular weight excluding hydrogens is 260 g/mol. The maximum Gasteiger partial charge on any atom is 0.133 e. The SMILES string of the molecule is CCCN1CCCCC1c1cccnc1N1CCNCC1. The van der Waals surface area contributed by atoms with E-state index in [4.69, 9.17) is 4.98 Å². The molecule has 0 bridgehead atoms. The summed E-state index contributed by atoms with van der Waals surface area (Å²) in [6, 6.07) is 4.99. The molecule has 2 aliphatic heterocycles. The first kappa shape index (κ1) is 14.8. The molecule has 3 rings (SSSR count). The number of aromatic nitrogens is 1. The number of pyridine rings is 1. The molecule has 2 aliphatic rings. The van der Waals surface area contributed by atoms with Gasteiger partial charge in [0.1, 0.15) is 5.82 Å². The van der Waals surface area contributed by atoms with Gasteiger partial charge in [-0.2, -0.15) is 0 Å². The van der Waals surface area contributed by atoms with Crippen molar-refractivity contribution in [2.75, 3.05) is 44.2 Å². The first-order valence-electron chi connectivity index (χ1n) is 8.55. The molecule has 1 aromatic heterocycles. The van der Waals surface area contributed by atoms with Gasteiger partial charge in [0, 0.05) is 44.0 Å². The van der Waals surface area contributed by atoms with Crippen LogP contribution in [0, 0.1) is 0 Å². The zero-order chi connectivity index (χ0) is 14.5. The van der Waals surface area contributed by atoms with Gasteiger partial charge in [0.15, 0.2) is 0 Å². The van der Waals surface area contributed by atoms with Crippen molar-refractivity contribution in [3.63, 3.8) is 0 Å². The Morgan fingerprint density at radius 2 is 2.10 bits per heavy atom. The molecule has 1 N–H and O–H groups in total. The van der Waals surface area contributed by atoms with E-state index in [1.54, 1.807) is 0 Å². The van der Waals surface area contributed by atoms with Crippen LogP contribution in [0.2, 0.25) is 0 Å². The highest BCUT2D eigenvalue weighted by Gasteiger charge is 2.27. The summed E-state index contributed by atoms with van der Waals surface area (Å²) in [6.07, 6.45) is 7.17. The van der Waals surface area contributed by atoms with E-state index in [2.05, 4.69) is 34.2 Å². The van der Waals surface area contributed by atoms with Gasteiger partial charge in [0.2, 0.25) is 0 Å². The molecule has 1 unspecified atom stereocenters. The van der Waals surface area contributed by atoms with E-state index in [0.717, 1.165) is 26.2 Å². The van der Waals surface area contributed by atoms with Gasteiger partial charge >= 0.3 is 0 Å². The lowest BCUT2D eigenvalue weighted by Crippen LogP contribution is -2.45. The summed E-state index contributed by atoms with van der Waals surface area (Å²) in [5, 5.41) is 3.43. The van der Waals surface area contributed by atoms with Gasteiger partial charge in [-0.3, -0.25) is 4.90 Å². The Hall–Kier alpha value is -1.13. The van der Waals surface area contributed by atoms with Crippen LogP contribution in [-0.4, -0.2) is 49.2 Å². The number of anilines is 1. The molecule has 4 heteroatoms. The number of hydrogen-bond acceptors (Lipinski definition) is 4. The molecule has 0 saturated carbocycles. The first-order chi connectivity index (χ1) is 10.4. The Bertz CT molecular complexity index is 440. The van der Waals surface area contributed by atoms with Gasteiger partial charge in [0.25, 0.3) is 0 Å². The lowest BCUT2D eigenvalue weighted by molar-refractivity contribution is 0.149. The molecule has 0 amide bonds. The fourth-order valence-corrected chi connectivity index (χ4v) is 3.71. The normalized spacial score (nSPS) is 24.2. The fraction of sp³-hybridized carbons (Fsp3) is 0.706. The summed E-state index contributed by atoms with van der Waals surface area (Å²) in [6.45, 7) is 9.02. The number of piperazine rings is 1. The number of nitrogens with zero attached hydrogens (tertiary/aromatic N) is 3. The van der Waals surface area contributed by atoms with Gasteiger partial charge < -0.3 is 10.2 Å². The third kappa shape index (κ3) is 3.38. The monoisotopic (exact) mass is 288 g/mol. The van der Waals surface area contributed by atoms with Crippen LogP contribution in [0.3, 0.4) is 0 Å². The average Bonchev–Trinajstić information content (AvgIpc) is 2.57. The van der Waals surface area contributed by atoms with Crippen LogP contribution in [0.15, 0.2) is 18.3 Å². The second kappa shape index (κ2) is 7.23. The van der Waals surface area contributed by atoms with Gasteiger partial charge in [-0.15, -0.1) is 0 Å². The summed E-state index contributed by atoms with van der Waals surface area (Å²) in [5.74, 6) is 1.23. The van der Waals surface area contributed by atoms with Gasteiger partial charge in [-0.25, -0.2) is 4.98 Å². The van der Waals surface area contributed by atoms with Crippen molar-refractivity contribution in [1.29, 1.82) is 0 Å². The second-order valence-electron chi connectivity index (χ2n) is 6.20. The molecule has 2 saturated heterocycles. The first-order valence-corrected chi connectivity index (χ1v) is 8.55. The fourth-order valence-electron chi connectivity index (χ4n) is 3.71. The van der Waals surface area contributed by atoms with Crippen LogP contribution in [0.25, 0.3) is 0 Å².